The Bertz CT molecular complexity index is 776. The van der Waals surface area contributed by atoms with Gasteiger partial charge < -0.3 is 0 Å². The second-order valence-electron chi connectivity index (χ2n) is 6.53. The van der Waals surface area contributed by atoms with Gasteiger partial charge in [0.25, 0.3) is 0 Å². The lowest BCUT2D eigenvalue weighted by molar-refractivity contribution is 0.539. The Morgan fingerprint density at radius 1 is 1.23 bits per heavy atom. The summed E-state index contributed by atoms with van der Waals surface area (Å²) in [6.45, 7) is 6.21. The fourth-order valence-electron chi connectivity index (χ4n) is 2.98. The molecule has 0 spiro atoms. The Labute approximate surface area is 134 Å². The van der Waals surface area contributed by atoms with Crippen molar-refractivity contribution in [3.8, 4) is 6.07 Å². The van der Waals surface area contributed by atoms with Crippen LogP contribution in [0, 0.1) is 22.7 Å². The summed E-state index contributed by atoms with van der Waals surface area (Å²) < 4.78 is 0. The van der Waals surface area contributed by atoms with Crippen LogP contribution in [0.5, 0.6) is 0 Å². The van der Waals surface area contributed by atoms with Gasteiger partial charge in [-0.25, -0.2) is 4.99 Å². The van der Waals surface area contributed by atoms with Crippen molar-refractivity contribution < 1.29 is 0 Å². The molecular formula is C17H17ClN4. The minimum Gasteiger partial charge on any atom is -0.261 e. The summed E-state index contributed by atoms with van der Waals surface area (Å²) in [6.07, 6.45) is 1.75. The van der Waals surface area contributed by atoms with E-state index >= 15 is 0 Å². The van der Waals surface area contributed by atoms with Crippen LogP contribution in [0.25, 0.3) is 0 Å². The van der Waals surface area contributed by atoms with Crippen molar-refractivity contribution in [3.05, 3.63) is 46.6 Å². The maximum Gasteiger partial charge on any atom is 0.151 e. The van der Waals surface area contributed by atoms with Gasteiger partial charge in [-0.2, -0.15) is 10.4 Å². The van der Waals surface area contributed by atoms with Crippen molar-refractivity contribution in [2.45, 2.75) is 26.7 Å². The first-order chi connectivity index (χ1) is 10.4. The van der Waals surface area contributed by atoms with Crippen molar-refractivity contribution in [2.75, 3.05) is 0 Å². The number of fused-ring (bicyclic) bond motifs is 1. The number of H-pyrrole nitrogens is 1. The Balaban J connectivity index is 2.24. The van der Waals surface area contributed by atoms with Crippen LogP contribution < -0.4 is 0 Å². The number of aromatic amines is 1. The Morgan fingerprint density at radius 2 is 1.95 bits per heavy atom. The minimum absolute atomic E-state index is 0.154. The number of nitrogens with one attached hydrogen (secondary N) is 1. The molecule has 3 rings (SSSR count). The maximum absolute atomic E-state index is 9.81. The monoisotopic (exact) mass is 312 g/mol. The van der Waals surface area contributed by atoms with Gasteiger partial charge in [-0.3, -0.25) is 5.10 Å². The lowest BCUT2D eigenvalue weighted by Gasteiger charge is -2.33. The number of halogens is 1. The molecule has 1 aliphatic heterocycles. The van der Waals surface area contributed by atoms with Gasteiger partial charge in [0.05, 0.1) is 18.2 Å². The second-order valence-corrected chi connectivity index (χ2v) is 6.93. The smallest absolute Gasteiger partial charge is 0.151 e. The van der Waals surface area contributed by atoms with Crippen molar-refractivity contribution in [1.82, 2.24) is 10.2 Å². The summed E-state index contributed by atoms with van der Waals surface area (Å²) in [5.74, 6) is 0.213. The molecule has 1 aliphatic rings. The average molecular weight is 313 g/mol. The van der Waals surface area contributed by atoms with Crippen molar-refractivity contribution in [1.29, 1.82) is 5.26 Å². The van der Waals surface area contributed by atoms with E-state index in [0.29, 0.717) is 5.02 Å². The van der Waals surface area contributed by atoms with Crippen LogP contribution in [-0.2, 0) is 0 Å². The summed E-state index contributed by atoms with van der Waals surface area (Å²) in [6, 6.07) is 10.1. The molecule has 22 heavy (non-hydrogen) atoms. The van der Waals surface area contributed by atoms with Gasteiger partial charge in [0.15, 0.2) is 5.82 Å². The van der Waals surface area contributed by atoms with Gasteiger partial charge in [-0.05, 0) is 11.6 Å². The summed E-state index contributed by atoms with van der Waals surface area (Å²) in [7, 11) is 0. The highest BCUT2D eigenvalue weighted by Gasteiger charge is 2.40. The largest absolute Gasteiger partial charge is 0.261 e. The van der Waals surface area contributed by atoms with Gasteiger partial charge in [-0.1, -0.05) is 50.6 Å². The number of benzene rings is 1. The van der Waals surface area contributed by atoms with Crippen LogP contribution >= 0.6 is 11.6 Å². The number of aliphatic imine (C=N–C) groups is 1. The zero-order valence-corrected chi connectivity index (χ0v) is 13.5. The van der Waals surface area contributed by atoms with E-state index in [2.05, 4.69) is 42.0 Å². The fraction of sp³-hybridized carbons (Fsp3) is 0.353. The van der Waals surface area contributed by atoms with Crippen LogP contribution in [0.4, 0.5) is 5.82 Å². The molecule has 1 N–H and O–H groups in total. The van der Waals surface area contributed by atoms with Crippen LogP contribution in [0.3, 0.4) is 0 Å². The van der Waals surface area contributed by atoms with Gasteiger partial charge in [0.2, 0.25) is 0 Å². The van der Waals surface area contributed by atoms with Crippen LogP contribution in [0.2, 0.25) is 5.02 Å². The fourth-order valence-corrected chi connectivity index (χ4v) is 3.23. The molecule has 0 bridgehead atoms. The molecule has 2 aromatic rings. The summed E-state index contributed by atoms with van der Waals surface area (Å²) in [5.41, 5.74) is 2.52. The molecule has 2 atom stereocenters. The predicted octanol–water partition coefficient (Wildman–Crippen LogP) is 4.47. The summed E-state index contributed by atoms with van der Waals surface area (Å²) >= 11 is 6.40. The third-order valence-electron chi connectivity index (χ3n) is 3.99. The molecule has 2 unspecified atom stereocenters. The molecule has 0 radical (unpaired) electrons. The molecule has 4 nitrogen and oxygen atoms in total. The first kappa shape index (κ1) is 14.8. The van der Waals surface area contributed by atoms with Crippen molar-refractivity contribution >= 4 is 23.1 Å². The van der Waals surface area contributed by atoms with E-state index < -0.39 is 0 Å². The van der Waals surface area contributed by atoms with Crippen LogP contribution in [-0.4, -0.2) is 15.9 Å². The first-order valence-electron chi connectivity index (χ1n) is 7.20. The van der Waals surface area contributed by atoms with Crippen molar-refractivity contribution in [3.63, 3.8) is 0 Å². The molecule has 1 aromatic heterocycles. The molecule has 2 heterocycles. The van der Waals surface area contributed by atoms with Crippen LogP contribution in [0.1, 0.15) is 37.8 Å². The first-order valence-corrected chi connectivity index (χ1v) is 7.57. The quantitative estimate of drug-likeness (QED) is 0.844. The number of nitriles is 1. The molecule has 5 heteroatoms. The predicted molar refractivity (Wildman–Crippen MR) is 87.5 cm³/mol. The molecular weight excluding hydrogens is 296 g/mol. The summed E-state index contributed by atoms with van der Waals surface area (Å²) in [4.78, 5) is 4.67. The van der Waals surface area contributed by atoms with E-state index in [0.717, 1.165) is 22.7 Å². The number of rotatable bonds is 1. The highest BCUT2D eigenvalue weighted by atomic mass is 35.5. The number of aromatic nitrogens is 2. The Hall–Kier alpha value is -2.12. The molecule has 0 saturated carbocycles. The van der Waals surface area contributed by atoms with E-state index in [1.807, 2.05) is 24.3 Å². The third kappa shape index (κ3) is 2.32. The number of nitrogens with zero attached hydrogens (tertiary/aromatic N) is 3. The molecule has 0 saturated heterocycles. The topological polar surface area (TPSA) is 64.8 Å². The summed E-state index contributed by atoms with van der Waals surface area (Å²) in [5, 5.41) is 17.5. The molecule has 0 fully saturated rings. The normalized spacial score (nSPS) is 21.0. The highest BCUT2D eigenvalue weighted by molar-refractivity contribution is 6.31. The SMILES string of the molecule is CC(C)(C)C1=Nc2[nH]ncc2C(c2ccccc2Cl)C1C#N. The van der Waals surface area contributed by atoms with E-state index in [1.54, 1.807) is 6.20 Å². The zero-order valence-electron chi connectivity index (χ0n) is 12.8. The van der Waals surface area contributed by atoms with Gasteiger partial charge in [0.1, 0.15) is 0 Å². The lowest BCUT2D eigenvalue weighted by Crippen LogP contribution is -2.34. The van der Waals surface area contributed by atoms with Crippen LogP contribution in [0.15, 0.2) is 35.5 Å². The van der Waals surface area contributed by atoms with E-state index in [-0.39, 0.29) is 17.3 Å². The third-order valence-corrected chi connectivity index (χ3v) is 4.33. The van der Waals surface area contributed by atoms with Gasteiger partial charge >= 0.3 is 0 Å². The van der Waals surface area contributed by atoms with E-state index in [1.165, 1.54) is 0 Å². The molecule has 0 amide bonds. The van der Waals surface area contributed by atoms with Crippen molar-refractivity contribution in [2.24, 2.45) is 16.3 Å². The molecule has 112 valence electrons. The standard InChI is InChI=1S/C17H17ClN4/c1-17(2,3)15-11(8-19)14(10-6-4-5-7-13(10)18)12-9-20-22-16(12)21-15/h4-7,9,11,14H,1-3H3,(H,20,22). The van der Waals surface area contributed by atoms with Gasteiger partial charge in [0, 0.05) is 27.6 Å². The molecule has 0 aliphatic carbocycles. The minimum atomic E-state index is -0.356. The Kier molecular flexibility index (Phi) is 3.54. The Morgan fingerprint density at radius 3 is 2.59 bits per heavy atom. The van der Waals surface area contributed by atoms with Gasteiger partial charge in [-0.15, -0.1) is 0 Å². The maximum atomic E-state index is 9.81. The van der Waals surface area contributed by atoms with E-state index in [4.69, 9.17) is 11.6 Å². The number of hydrogen-bond acceptors (Lipinski definition) is 3. The lowest BCUT2D eigenvalue weighted by atomic mass is 9.71. The van der Waals surface area contributed by atoms with E-state index in [9.17, 15) is 5.26 Å². The molecule has 1 aromatic carbocycles. The average Bonchev–Trinajstić information content (AvgIpc) is 2.93. The number of hydrogen-bond donors (Lipinski definition) is 1. The second kappa shape index (κ2) is 5.26. The zero-order chi connectivity index (χ0) is 15.9. The highest BCUT2D eigenvalue weighted by Crippen LogP contribution is 2.46.